The van der Waals surface area contributed by atoms with Crippen molar-refractivity contribution in [2.75, 3.05) is 59.0 Å². The Labute approximate surface area is 124 Å². The molecule has 124 valence electrons. The molecule has 2 saturated heterocycles. The molecule has 4 nitrogen and oxygen atoms in total. The van der Waals surface area contributed by atoms with E-state index in [2.05, 4.69) is 17.1 Å². The summed E-state index contributed by atoms with van der Waals surface area (Å²) in [6.45, 7) is 7.17. The Morgan fingerprint density at radius 3 is 2.38 bits per heavy atom. The van der Waals surface area contributed by atoms with Crippen LogP contribution < -0.4 is 5.32 Å². The van der Waals surface area contributed by atoms with Gasteiger partial charge in [0.2, 0.25) is 0 Å². The zero-order chi connectivity index (χ0) is 15.3. The summed E-state index contributed by atoms with van der Waals surface area (Å²) >= 11 is 0. The number of rotatable bonds is 6. The van der Waals surface area contributed by atoms with Crippen LogP contribution in [0.3, 0.4) is 0 Å². The molecule has 2 atom stereocenters. The highest BCUT2D eigenvalue weighted by Gasteiger charge is 2.33. The van der Waals surface area contributed by atoms with Crippen LogP contribution in [0.15, 0.2) is 0 Å². The van der Waals surface area contributed by atoms with E-state index in [9.17, 15) is 13.2 Å². The van der Waals surface area contributed by atoms with Crippen molar-refractivity contribution in [3.8, 4) is 0 Å². The highest BCUT2D eigenvalue weighted by Crippen LogP contribution is 2.20. The van der Waals surface area contributed by atoms with Crippen molar-refractivity contribution in [3.05, 3.63) is 0 Å². The Balaban J connectivity index is 1.75. The number of piperazine rings is 1. The predicted octanol–water partition coefficient (Wildman–Crippen LogP) is 1.18. The van der Waals surface area contributed by atoms with Gasteiger partial charge in [-0.3, -0.25) is 9.80 Å². The Kier molecular flexibility index (Phi) is 6.28. The fraction of sp³-hybridized carbons (Fsp3) is 1.00. The minimum Gasteiger partial charge on any atom is -0.381 e. The molecule has 2 heterocycles. The molecule has 7 heteroatoms. The highest BCUT2D eigenvalue weighted by atomic mass is 19.4. The van der Waals surface area contributed by atoms with Crippen LogP contribution in [-0.2, 0) is 4.74 Å². The maximum absolute atomic E-state index is 12.4. The van der Waals surface area contributed by atoms with E-state index >= 15 is 0 Å². The minimum absolute atomic E-state index is 0.381. The molecule has 0 amide bonds. The number of alkyl halides is 3. The van der Waals surface area contributed by atoms with Crippen LogP contribution >= 0.6 is 0 Å². The molecule has 2 aliphatic rings. The molecule has 2 rings (SSSR count). The number of nitrogens with zero attached hydrogens (tertiary/aromatic N) is 2. The second-order valence-electron chi connectivity index (χ2n) is 5.98. The van der Waals surface area contributed by atoms with E-state index in [1.165, 1.54) is 4.90 Å². The van der Waals surface area contributed by atoms with E-state index in [1.807, 2.05) is 0 Å². The van der Waals surface area contributed by atoms with Gasteiger partial charge in [-0.25, -0.2) is 0 Å². The second-order valence-corrected chi connectivity index (χ2v) is 5.98. The molecule has 2 fully saturated rings. The second kappa shape index (κ2) is 7.76. The van der Waals surface area contributed by atoms with Crippen LogP contribution in [0.2, 0.25) is 0 Å². The molecule has 0 bridgehead atoms. The highest BCUT2D eigenvalue weighted by molar-refractivity contribution is 4.84. The molecule has 0 aromatic heterocycles. The first-order valence-corrected chi connectivity index (χ1v) is 7.80. The summed E-state index contributed by atoms with van der Waals surface area (Å²) in [5.41, 5.74) is 0. The largest absolute Gasteiger partial charge is 0.401 e. The van der Waals surface area contributed by atoms with Crippen LogP contribution in [0.25, 0.3) is 0 Å². The number of hydrogen-bond acceptors (Lipinski definition) is 4. The molecule has 1 N–H and O–H groups in total. The number of nitrogens with one attached hydrogen (secondary N) is 1. The molecule has 0 aromatic carbocycles. The van der Waals surface area contributed by atoms with Gasteiger partial charge in [0.25, 0.3) is 0 Å². The molecule has 0 saturated carbocycles. The molecule has 2 unspecified atom stereocenters. The third-order valence-corrected chi connectivity index (χ3v) is 4.32. The molecule has 2 aliphatic heterocycles. The molecule has 0 spiro atoms. The topological polar surface area (TPSA) is 27.7 Å². The van der Waals surface area contributed by atoms with Crippen LogP contribution in [0, 0.1) is 5.92 Å². The summed E-state index contributed by atoms with van der Waals surface area (Å²) in [7, 11) is 0. The minimum atomic E-state index is -4.09. The van der Waals surface area contributed by atoms with Crippen molar-refractivity contribution in [2.24, 2.45) is 5.92 Å². The van der Waals surface area contributed by atoms with Crippen LogP contribution in [-0.4, -0.2) is 81.0 Å². The smallest absolute Gasteiger partial charge is 0.381 e. The SMILES string of the molecule is CCNC(CN1CCN(CC(F)(F)F)CC1)C1CCOC1. The first-order valence-electron chi connectivity index (χ1n) is 7.80. The van der Waals surface area contributed by atoms with Gasteiger partial charge in [-0.2, -0.15) is 13.2 Å². The van der Waals surface area contributed by atoms with Crippen molar-refractivity contribution in [1.29, 1.82) is 0 Å². The number of likely N-dealkylation sites (N-methyl/N-ethyl adjacent to an activating group) is 1. The van der Waals surface area contributed by atoms with Gasteiger partial charge in [0.15, 0.2) is 0 Å². The lowest BCUT2D eigenvalue weighted by atomic mass is 9.98. The lowest BCUT2D eigenvalue weighted by Crippen LogP contribution is -2.53. The first kappa shape index (κ1) is 17.0. The van der Waals surface area contributed by atoms with E-state index < -0.39 is 12.7 Å². The van der Waals surface area contributed by atoms with Crippen molar-refractivity contribution in [3.63, 3.8) is 0 Å². The lowest BCUT2D eigenvalue weighted by molar-refractivity contribution is -0.149. The average molecular weight is 309 g/mol. The first-order chi connectivity index (χ1) is 9.98. The lowest BCUT2D eigenvalue weighted by Gasteiger charge is -2.37. The van der Waals surface area contributed by atoms with Crippen molar-refractivity contribution in [1.82, 2.24) is 15.1 Å². The molecule has 21 heavy (non-hydrogen) atoms. The third-order valence-electron chi connectivity index (χ3n) is 4.32. The quantitative estimate of drug-likeness (QED) is 0.797. The predicted molar refractivity (Wildman–Crippen MR) is 75.3 cm³/mol. The molecule has 0 aliphatic carbocycles. The fourth-order valence-electron chi connectivity index (χ4n) is 3.17. The number of hydrogen-bond donors (Lipinski definition) is 1. The van der Waals surface area contributed by atoms with E-state index in [0.717, 1.165) is 32.7 Å². The average Bonchev–Trinajstić information content (AvgIpc) is 2.92. The Bertz CT molecular complexity index is 300. The van der Waals surface area contributed by atoms with Gasteiger partial charge in [0, 0.05) is 51.3 Å². The molecular formula is C14H26F3N3O. The van der Waals surface area contributed by atoms with Crippen molar-refractivity contribution in [2.45, 2.75) is 25.6 Å². The summed E-state index contributed by atoms with van der Waals surface area (Å²) in [5, 5.41) is 3.51. The van der Waals surface area contributed by atoms with Crippen LogP contribution in [0.1, 0.15) is 13.3 Å². The maximum Gasteiger partial charge on any atom is 0.401 e. The Hall–Kier alpha value is -0.370. The van der Waals surface area contributed by atoms with E-state index in [1.54, 1.807) is 0 Å². The summed E-state index contributed by atoms with van der Waals surface area (Å²) in [6.07, 6.45) is -3.01. The fourth-order valence-corrected chi connectivity index (χ4v) is 3.17. The van der Waals surface area contributed by atoms with Gasteiger partial charge in [-0.15, -0.1) is 0 Å². The molecule has 0 aromatic rings. The van der Waals surface area contributed by atoms with E-state index in [4.69, 9.17) is 4.74 Å². The van der Waals surface area contributed by atoms with Gasteiger partial charge >= 0.3 is 6.18 Å². The summed E-state index contributed by atoms with van der Waals surface area (Å²) in [4.78, 5) is 3.77. The Morgan fingerprint density at radius 1 is 1.19 bits per heavy atom. The summed E-state index contributed by atoms with van der Waals surface area (Å²) in [5.74, 6) is 0.526. The van der Waals surface area contributed by atoms with Crippen LogP contribution in [0.4, 0.5) is 13.2 Å². The summed E-state index contributed by atoms with van der Waals surface area (Å²) < 4.78 is 42.6. The normalized spacial score (nSPS) is 27.1. The molecule has 0 radical (unpaired) electrons. The number of halogens is 3. The standard InChI is InChI=1S/C14H26F3N3O/c1-2-18-13(12-3-8-21-10-12)9-19-4-6-20(7-5-19)11-14(15,16)17/h12-13,18H,2-11H2,1H3. The van der Waals surface area contributed by atoms with Gasteiger partial charge < -0.3 is 10.1 Å². The zero-order valence-electron chi connectivity index (χ0n) is 12.7. The maximum atomic E-state index is 12.4. The van der Waals surface area contributed by atoms with E-state index in [0.29, 0.717) is 38.1 Å². The number of ether oxygens (including phenoxy) is 1. The Morgan fingerprint density at radius 2 is 1.86 bits per heavy atom. The monoisotopic (exact) mass is 309 g/mol. The van der Waals surface area contributed by atoms with Gasteiger partial charge in [-0.05, 0) is 13.0 Å². The van der Waals surface area contributed by atoms with Crippen molar-refractivity contribution >= 4 is 0 Å². The zero-order valence-corrected chi connectivity index (χ0v) is 12.7. The molecular weight excluding hydrogens is 283 g/mol. The van der Waals surface area contributed by atoms with Gasteiger partial charge in [-0.1, -0.05) is 6.92 Å². The van der Waals surface area contributed by atoms with Crippen molar-refractivity contribution < 1.29 is 17.9 Å². The van der Waals surface area contributed by atoms with Crippen LogP contribution in [0.5, 0.6) is 0 Å². The third kappa shape index (κ3) is 5.73. The van der Waals surface area contributed by atoms with E-state index in [-0.39, 0.29) is 0 Å². The van der Waals surface area contributed by atoms with Gasteiger partial charge in [0.1, 0.15) is 0 Å². The summed E-state index contributed by atoms with van der Waals surface area (Å²) in [6, 6.07) is 0.381. The van der Waals surface area contributed by atoms with Gasteiger partial charge in [0.05, 0.1) is 13.2 Å².